The maximum absolute atomic E-state index is 5.98. The highest BCUT2D eigenvalue weighted by molar-refractivity contribution is 7.14. The van der Waals surface area contributed by atoms with Gasteiger partial charge in [0, 0.05) is 6.04 Å². The molecule has 0 amide bonds. The average molecular weight is 244 g/mol. The van der Waals surface area contributed by atoms with Gasteiger partial charge < -0.3 is 5.32 Å². The third-order valence-corrected chi connectivity index (χ3v) is 4.82. The van der Waals surface area contributed by atoms with Crippen LogP contribution in [0.1, 0.15) is 38.7 Å². The van der Waals surface area contributed by atoms with E-state index in [1.165, 1.54) is 12.0 Å². The van der Waals surface area contributed by atoms with Crippen molar-refractivity contribution in [1.82, 2.24) is 5.32 Å². The Kier molecular flexibility index (Phi) is 3.11. The number of nitrogens with one attached hydrogen (secondary N) is 1. The summed E-state index contributed by atoms with van der Waals surface area (Å²) >= 11 is 7.62. The van der Waals surface area contributed by atoms with Crippen LogP contribution in [0.15, 0.2) is 11.4 Å². The topological polar surface area (TPSA) is 12.0 Å². The van der Waals surface area contributed by atoms with Gasteiger partial charge in [0.05, 0.1) is 4.34 Å². The molecule has 1 heterocycles. The monoisotopic (exact) mass is 243 g/mol. The molecule has 0 bridgehead atoms. The van der Waals surface area contributed by atoms with Gasteiger partial charge in [0.15, 0.2) is 0 Å². The molecule has 1 aliphatic rings. The Bertz CT molecular complexity index is 345. The van der Waals surface area contributed by atoms with Crippen molar-refractivity contribution in [3.63, 3.8) is 0 Å². The molecule has 15 heavy (non-hydrogen) atoms. The van der Waals surface area contributed by atoms with Crippen LogP contribution in [-0.2, 0) is 0 Å². The van der Waals surface area contributed by atoms with Crippen LogP contribution in [0.2, 0.25) is 4.34 Å². The fraction of sp³-hybridized carbons (Fsp3) is 0.667. The molecular weight excluding hydrogens is 226 g/mol. The molecule has 1 fully saturated rings. The molecule has 2 unspecified atom stereocenters. The van der Waals surface area contributed by atoms with Gasteiger partial charge in [-0.1, -0.05) is 32.4 Å². The Morgan fingerprint density at radius 1 is 1.60 bits per heavy atom. The van der Waals surface area contributed by atoms with E-state index in [0.717, 1.165) is 10.9 Å². The van der Waals surface area contributed by atoms with Gasteiger partial charge >= 0.3 is 0 Å². The molecule has 1 saturated carbocycles. The first-order valence-electron chi connectivity index (χ1n) is 5.53. The standard InChI is InChI=1S/C12H18ClNS/c1-4-14-10-6-9(12(10,2)3)8-5-11(13)15-7-8/h5,7,9-10,14H,4,6H2,1-3H3. The van der Waals surface area contributed by atoms with E-state index in [2.05, 4.69) is 37.5 Å². The van der Waals surface area contributed by atoms with Crippen molar-refractivity contribution >= 4 is 22.9 Å². The third kappa shape index (κ3) is 1.95. The number of hydrogen-bond donors (Lipinski definition) is 1. The van der Waals surface area contributed by atoms with Crippen LogP contribution in [0.25, 0.3) is 0 Å². The highest BCUT2D eigenvalue weighted by Crippen LogP contribution is 2.53. The molecule has 2 rings (SSSR count). The van der Waals surface area contributed by atoms with E-state index in [1.807, 2.05) is 0 Å². The van der Waals surface area contributed by atoms with E-state index in [9.17, 15) is 0 Å². The average Bonchev–Trinajstić information content (AvgIpc) is 2.58. The molecule has 0 radical (unpaired) electrons. The second kappa shape index (κ2) is 4.08. The summed E-state index contributed by atoms with van der Waals surface area (Å²) in [6, 6.07) is 2.78. The summed E-state index contributed by atoms with van der Waals surface area (Å²) in [4.78, 5) is 0. The van der Waals surface area contributed by atoms with E-state index >= 15 is 0 Å². The zero-order valence-corrected chi connectivity index (χ0v) is 11.1. The molecule has 3 heteroatoms. The van der Waals surface area contributed by atoms with E-state index in [1.54, 1.807) is 11.3 Å². The summed E-state index contributed by atoms with van der Waals surface area (Å²) in [7, 11) is 0. The maximum atomic E-state index is 5.98. The van der Waals surface area contributed by atoms with E-state index < -0.39 is 0 Å². The Morgan fingerprint density at radius 3 is 2.80 bits per heavy atom. The lowest BCUT2D eigenvalue weighted by molar-refractivity contribution is 0.0709. The van der Waals surface area contributed by atoms with Gasteiger partial charge in [-0.15, -0.1) is 11.3 Å². The minimum atomic E-state index is 0.362. The summed E-state index contributed by atoms with van der Waals surface area (Å²) < 4.78 is 0.910. The molecule has 1 aromatic rings. The maximum Gasteiger partial charge on any atom is 0.0931 e. The normalized spacial score (nSPS) is 28.8. The van der Waals surface area contributed by atoms with Crippen LogP contribution in [0.5, 0.6) is 0 Å². The van der Waals surface area contributed by atoms with Crippen molar-refractivity contribution in [2.75, 3.05) is 6.54 Å². The third-order valence-electron chi connectivity index (χ3n) is 3.71. The quantitative estimate of drug-likeness (QED) is 0.849. The van der Waals surface area contributed by atoms with Crippen molar-refractivity contribution < 1.29 is 0 Å². The first-order chi connectivity index (χ1) is 7.05. The summed E-state index contributed by atoms with van der Waals surface area (Å²) in [5.41, 5.74) is 1.78. The van der Waals surface area contributed by atoms with Crippen molar-refractivity contribution in [1.29, 1.82) is 0 Å². The van der Waals surface area contributed by atoms with Crippen molar-refractivity contribution in [2.24, 2.45) is 5.41 Å². The second-order valence-electron chi connectivity index (χ2n) is 4.90. The van der Waals surface area contributed by atoms with Crippen LogP contribution in [-0.4, -0.2) is 12.6 Å². The summed E-state index contributed by atoms with van der Waals surface area (Å²) in [5, 5.41) is 5.75. The van der Waals surface area contributed by atoms with Crippen LogP contribution in [0.3, 0.4) is 0 Å². The first kappa shape index (κ1) is 11.4. The minimum absolute atomic E-state index is 0.362. The zero-order valence-electron chi connectivity index (χ0n) is 9.51. The summed E-state index contributed by atoms with van der Waals surface area (Å²) in [5.74, 6) is 0.672. The van der Waals surface area contributed by atoms with Crippen molar-refractivity contribution in [2.45, 2.75) is 39.2 Å². The number of rotatable bonds is 3. The van der Waals surface area contributed by atoms with Gasteiger partial charge in [0.1, 0.15) is 0 Å². The Hall–Kier alpha value is -0.0500. The second-order valence-corrected chi connectivity index (χ2v) is 6.45. The summed E-state index contributed by atoms with van der Waals surface area (Å²) in [6.07, 6.45) is 1.24. The Labute approximate surface area is 101 Å². The molecule has 2 atom stereocenters. The molecule has 0 aromatic carbocycles. The molecule has 1 aromatic heterocycles. The predicted molar refractivity (Wildman–Crippen MR) is 67.9 cm³/mol. The van der Waals surface area contributed by atoms with Crippen molar-refractivity contribution in [3.8, 4) is 0 Å². The zero-order chi connectivity index (χ0) is 11.1. The highest BCUT2D eigenvalue weighted by Gasteiger charge is 2.48. The fourth-order valence-electron chi connectivity index (χ4n) is 2.59. The van der Waals surface area contributed by atoms with Crippen molar-refractivity contribution in [3.05, 3.63) is 21.3 Å². The van der Waals surface area contributed by atoms with Gasteiger partial charge in [0.25, 0.3) is 0 Å². The lowest BCUT2D eigenvalue weighted by atomic mass is 9.56. The molecule has 0 aliphatic heterocycles. The smallest absolute Gasteiger partial charge is 0.0931 e. The Morgan fingerprint density at radius 2 is 2.33 bits per heavy atom. The first-order valence-corrected chi connectivity index (χ1v) is 6.78. The van der Waals surface area contributed by atoms with Gasteiger partial charge in [-0.3, -0.25) is 0 Å². The predicted octanol–water partition coefficient (Wildman–Crippen LogP) is 3.89. The van der Waals surface area contributed by atoms with Gasteiger partial charge in [-0.2, -0.15) is 0 Å². The number of thiophene rings is 1. The van der Waals surface area contributed by atoms with Crippen LogP contribution >= 0.6 is 22.9 Å². The minimum Gasteiger partial charge on any atom is -0.314 e. The van der Waals surface area contributed by atoms with Crippen LogP contribution in [0.4, 0.5) is 0 Å². The highest BCUT2D eigenvalue weighted by atomic mass is 35.5. The van der Waals surface area contributed by atoms with E-state index in [4.69, 9.17) is 11.6 Å². The van der Waals surface area contributed by atoms with E-state index in [0.29, 0.717) is 17.4 Å². The van der Waals surface area contributed by atoms with Crippen LogP contribution in [0, 0.1) is 5.41 Å². The van der Waals surface area contributed by atoms with Gasteiger partial charge in [-0.05, 0) is 41.3 Å². The number of halogens is 1. The fourth-order valence-corrected chi connectivity index (χ4v) is 3.53. The molecule has 84 valence electrons. The van der Waals surface area contributed by atoms with Gasteiger partial charge in [0.2, 0.25) is 0 Å². The van der Waals surface area contributed by atoms with Gasteiger partial charge in [-0.25, -0.2) is 0 Å². The number of hydrogen-bond acceptors (Lipinski definition) is 2. The molecular formula is C12H18ClNS. The van der Waals surface area contributed by atoms with Crippen LogP contribution < -0.4 is 5.32 Å². The molecule has 0 saturated heterocycles. The molecule has 1 aliphatic carbocycles. The Balaban J connectivity index is 2.09. The SMILES string of the molecule is CCNC1CC(c2csc(Cl)c2)C1(C)C. The molecule has 1 nitrogen and oxygen atoms in total. The largest absolute Gasteiger partial charge is 0.314 e. The lowest BCUT2D eigenvalue weighted by Gasteiger charge is -2.52. The molecule has 1 N–H and O–H groups in total. The summed E-state index contributed by atoms with van der Waals surface area (Å²) in [6.45, 7) is 7.93. The lowest BCUT2D eigenvalue weighted by Crippen LogP contribution is -2.55. The van der Waals surface area contributed by atoms with E-state index in [-0.39, 0.29) is 0 Å². The molecule has 0 spiro atoms.